The third-order valence-electron chi connectivity index (χ3n) is 4.50. The van der Waals surface area contributed by atoms with Gasteiger partial charge in [-0.05, 0) is 52.5 Å². The number of piperidine rings is 1. The number of nitrogens with zero attached hydrogens (tertiary/aromatic N) is 3. The van der Waals surface area contributed by atoms with Crippen LogP contribution in [0.4, 0.5) is 0 Å². The van der Waals surface area contributed by atoms with E-state index >= 15 is 0 Å². The van der Waals surface area contributed by atoms with E-state index in [0.717, 1.165) is 37.9 Å². The monoisotopic (exact) mass is 291 g/mol. The van der Waals surface area contributed by atoms with Crippen molar-refractivity contribution in [1.82, 2.24) is 14.9 Å². The lowest BCUT2D eigenvalue weighted by Crippen LogP contribution is -2.50. The largest absolute Gasteiger partial charge is 0.481 e. The van der Waals surface area contributed by atoms with E-state index in [4.69, 9.17) is 0 Å². The van der Waals surface area contributed by atoms with Gasteiger partial charge in [-0.1, -0.05) is 0 Å². The van der Waals surface area contributed by atoms with Crippen molar-refractivity contribution in [2.45, 2.75) is 52.0 Å². The van der Waals surface area contributed by atoms with E-state index in [1.165, 1.54) is 0 Å². The highest BCUT2D eigenvalue weighted by atomic mass is 16.4. The molecule has 1 N–H and O–H groups in total. The van der Waals surface area contributed by atoms with Crippen LogP contribution in [0, 0.1) is 5.41 Å². The highest BCUT2D eigenvalue weighted by Gasteiger charge is 2.42. The molecule has 21 heavy (non-hydrogen) atoms. The van der Waals surface area contributed by atoms with E-state index < -0.39 is 11.4 Å². The first-order chi connectivity index (χ1) is 10.0. The minimum absolute atomic E-state index is 0.406. The summed E-state index contributed by atoms with van der Waals surface area (Å²) in [5, 5.41) is 9.73. The van der Waals surface area contributed by atoms with Crippen LogP contribution < -0.4 is 0 Å². The Bertz CT molecular complexity index is 464. The molecule has 5 nitrogen and oxygen atoms in total. The maximum Gasteiger partial charge on any atom is 0.310 e. The van der Waals surface area contributed by atoms with Crippen LogP contribution in [0.15, 0.2) is 18.6 Å². The smallest absolute Gasteiger partial charge is 0.310 e. The van der Waals surface area contributed by atoms with Gasteiger partial charge in [0.1, 0.15) is 0 Å². The summed E-state index contributed by atoms with van der Waals surface area (Å²) in [4.78, 5) is 22.4. The van der Waals surface area contributed by atoms with Crippen molar-refractivity contribution in [3.8, 4) is 0 Å². The molecule has 1 aliphatic rings. The molecule has 2 rings (SSSR count). The second-order valence-corrected chi connectivity index (χ2v) is 6.30. The molecule has 1 fully saturated rings. The van der Waals surface area contributed by atoms with Gasteiger partial charge in [0.15, 0.2) is 0 Å². The molecule has 1 aromatic rings. The Morgan fingerprint density at radius 3 is 2.90 bits per heavy atom. The quantitative estimate of drug-likeness (QED) is 0.871. The first kappa shape index (κ1) is 15.9. The van der Waals surface area contributed by atoms with Crippen LogP contribution in [0.5, 0.6) is 0 Å². The number of likely N-dealkylation sites (tertiary alicyclic amines) is 1. The first-order valence-electron chi connectivity index (χ1n) is 7.76. The fourth-order valence-electron chi connectivity index (χ4n) is 3.16. The SMILES string of the molecule is CC(C)N1CCC[C@@](CCCc2cnccn2)(C(=O)O)C1. The molecule has 0 unspecified atom stereocenters. The molecule has 0 spiro atoms. The summed E-state index contributed by atoms with van der Waals surface area (Å²) in [5.41, 5.74) is 0.347. The molecule has 5 heteroatoms. The van der Waals surface area contributed by atoms with Crippen molar-refractivity contribution < 1.29 is 9.90 Å². The topological polar surface area (TPSA) is 66.3 Å². The van der Waals surface area contributed by atoms with Gasteiger partial charge in [-0.2, -0.15) is 0 Å². The number of rotatable bonds is 6. The van der Waals surface area contributed by atoms with E-state index in [1.54, 1.807) is 18.6 Å². The summed E-state index contributed by atoms with van der Waals surface area (Å²) < 4.78 is 0. The maximum atomic E-state index is 11.8. The third kappa shape index (κ3) is 4.00. The normalized spacial score (nSPS) is 23.4. The zero-order valence-electron chi connectivity index (χ0n) is 13.0. The number of hydrogen-bond donors (Lipinski definition) is 1. The predicted molar refractivity (Wildman–Crippen MR) is 81.0 cm³/mol. The molecule has 1 aromatic heterocycles. The van der Waals surface area contributed by atoms with Gasteiger partial charge in [-0.25, -0.2) is 0 Å². The zero-order chi connectivity index (χ0) is 15.3. The number of aliphatic carboxylic acids is 1. The summed E-state index contributed by atoms with van der Waals surface area (Å²) in [6.45, 7) is 5.95. The Morgan fingerprint density at radius 2 is 2.29 bits per heavy atom. The molecule has 0 saturated carbocycles. The lowest BCUT2D eigenvalue weighted by molar-refractivity contribution is -0.153. The average molecular weight is 291 g/mol. The predicted octanol–water partition coefficient (Wildman–Crippen LogP) is 2.37. The molecule has 0 aliphatic carbocycles. The van der Waals surface area contributed by atoms with Gasteiger partial charge >= 0.3 is 5.97 Å². The van der Waals surface area contributed by atoms with Gasteiger partial charge in [0, 0.05) is 31.2 Å². The number of hydrogen-bond acceptors (Lipinski definition) is 4. The summed E-state index contributed by atoms with van der Waals surface area (Å²) in [6, 6.07) is 0.406. The van der Waals surface area contributed by atoms with E-state index in [2.05, 4.69) is 28.7 Å². The highest BCUT2D eigenvalue weighted by molar-refractivity contribution is 5.75. The summed E-state index contributed by atoms with van der Waals surface area (Å²) in [7, 11) is 0. The number of carboxylic acids is 1. The molecule has 0 radical (unpaired) electrons. The second kappa shape index (κ2) is 6.98. The molecule has 0 amide bonds. The summed E-state index contributed by atoms with van der Waals surface area (Å²) >= 11 is 0. The zero-order valence-corrected chi connectivity index (χ0v) is 13.0. The first-order valence-corrected chi connectivity index (χ1v) is 7.76. The standard InChI is InChI=1S/C16H25N3O2/c1-13(2)19-10-4-7-16(12-19,15(20)21)6-3-5-14-11-17-8-9-18-14/h8-9,11,13H,3-7,10,12H2,1-2H3,(H,20,21)/t16-/m1/s1. The average Bonchev–Trinajstić information content (AvgIpc) is 2.48. The molecule has 1 atom stereocenters. The third-order valence-corrected chi connectivity index (χ3v) is 4.50. The minimum Gasteiger partial charge on any atom is -0.481 e. The Balaban J connectivity index is 1.97. The number of aromatic nitrogens is 2. The van der Waals surface area contributed by atoms with Crippen molar-refractivity contribution >= 4 is 5.97 Å². The van der Waals surface area contributed by atoms with Crippen LogP contribution in [0.25, 0.3) is 0 Å². The maximum absolute atomic E-state index is 11.8. The Morgan fingerprint density at radius 1 is 1.48 bits per heavy atom. The summed E-state index contributed by atoms with van der Waals surface area (Å²) in [6.07, 6.45) is 9.20. The van der Waals surface area contributed by atoms with Gasteiger partial charge in [-0.15, -0.1) is 0 Å². The van der Waals surface area contributed by atoms with Crippen molar-refractivity contribution in [3.05, 3.63) is 24.3 Å². The molecule has 1 saturated heterocycles. The van der Waals surface area contributed by atoms with Crippen molar-refractivity contribution in [3.63, 3.8) is 0 Å². The molecule has 2 heterocycles. The van der Waals surface area contributed by atoms with E-state index in [0.29, 0.717) is 19.0 Å². The Kier molecular flexibility index (Phi) is 5.28. The fourth-order valence-corrected chi connectivity index (χ4v) is 3.16. The molecule has 0 aromatic carbocycles. The van der Waals surface area contributed by atoms with Crippen LogP contribution in [-0.4, -0.2) is 45.1 Å². The van der Waals surface area contributed by atoms with Crippen molar-refractivity contribution in [1.29, 1.82) is 0 Å². The number of carbonyl (C=O) groups is 1. The van der Waals surface area contributed by atoms with Crippen molar-refractivity contribution in [2.75, 3.05) is 13.1 Å². The van der Waals surface area contributed by atoms with Crippen LogP contribution >= 0.6 is 0 Å². The van der Waals surface area contributed by atoms with Crippen LogP contribution in [-0.2, 0) is 11.2 Å². The van der Waals surface area contributed by atoms with E-state index in [1.807, 2.05) is 0 Å². The van der Waals surface area contributed by atoms with Gasteiger partial charge in [0.2, 0.25) is 0 Å². The van der Waals surface area contributed by atoms with Gasteiger partial charge in [-0.3, -0.25) is 19.7 Å². The van der Waals surface area contributed by atoms with Gasteiger partial charge in [0.25, 0.3) is 0 Å². The van der Waals surface area contributed by atoms with Gasteiger partial charge in [0.05, 0.1) is 11.1 Å². The second-order valence-electron chi connectivity index (χ2n) is 6.30. The lowest BCUT2D eigenvalue weighted by Gasteiger charge is -2.42. The molecule has 0 bridgehead atoms. The lowest BCUT2D eigenvalue weighted by atomic mass is 9.75. The fraction of sp³-hybridized carbons (Fsp3) is 0.688. The molecule has 1 aliphatic heterocycles. The molecule has 116 valence electrons. The molecular formula is C16H25N3O2. The summed E-state index contributed by atoms with van der Waals surface area (Å²) in [5.74, 6) is -0.646. The Hall–Kier alpha value is -1.49. The Labute approximate surface area is 126 Å². The minimum atomic E-state index is -0.646. The van der Waals surface area contributed by atoms with E-state index in [9.17, 15) is 9.90 Å². The van der Waals surface area contributed by atoms with Crippen LogP contribution in [0.1, 0.15) is 45.2 Å². The van der Waals surface area contributed by atoms with Crippen LogP contribution in [0.2, 0.25) is 0 Å². The van der Waals surface area contributed by atoms with Crippen LogP contribution in [0.3, 0.4) is 0 Å². The highest BCUT2D eigenvalue weighted by Crippen LogP contribution is 2.36. The van der Waals surface area contributed by atoms with E-state index in [-0.39, 0.29) is 0 Å². The van der Waals surface area contributed by atoms with Gasteiger partial charge < -0.3 is 5.11 Å². The van der Waals surface area contributed by atoms with Crippen molar-refractivity contribution in [2.24, 2.45) is 5.41 Å². The number of carboxylic acid groups (broad SMARTS) is 1. The molecular weight excluding hydrogens is 266 g/mol. The number of aryl methyl sites for hydroxylation is 1.